The lowest BCUT2D eigenvalue weighted by Crippen LogP contribution is -2.26. The fourth-order valence-corrected chi connectivity index (χ4v) is 2.79. The molecule has 1 aromatic heterocycles. The molecule has 6 heteroatoms. The molecule has 0 aliphatic carbocycles. The largest absolute Gasteiger partial charge is 0.378 e. The first-order chi connectivity index (χ1) is 10.2. The molecule has 21 heavy (non-hydrogen) atoms. The number of H-pyrrole nitrogens is 1. The SMILES string of the molecule is O=c1[nH]ncc(NC2CCN(Cc3ccccc3)C2)c1Cl. The van der Waals surface area contributed by atoms with Crippen LogP contribution in [0.2, 0.25) is 5.02 Å². The second-order valence-electron chi connectivity index (χ2n) is 5.28. The van der Waals surface area contributed by atoms with Crippen LogP contribution in [0.1, 0.15) is 12.0 Å². The van der Waals surface area contributed by atoms with E-state index >= 15 is 0 Å². The van der Waals surface area contributed by atoms with Gasteiger partial charge >= 0.3 is 0 Å². The molecule has 1 fully saturated rings. The van der Waals surface area contributed by atoms with Crippen LogP contribution in [0, 0.1) is 0 Å². The maximum absolute atomic E-state index is 11.4. The van der Waals surface area contributed by atoms with Gasteiger partial charge in [0.15, 0.2) is 0 Å². The van der Waals surface area contributed by atoms with Gasteiger partial charge in [0.1, 0.15) is 5.02 Å². The second kappa shape index (κ2) is 6.28. The summed E-state index contributed by atoms with van der Waals surface area (Å²) in [5, 5.41) is 9.58. The standard InChI is InChI=1S/C15H17ClN4O/c16-14-13(8-17-19-15(14)21)18-12-6-7-20(10-12)9-11-4-2-1-3-5-11/h1-5,8,12H,6-7,9-10H2,(H2,18,19,21). The Kier molecular flexibility index (Phi) is 4.22. The number of hydrogen-bond donors (Lipinski definition) is 2. The van der Waals surface area contributed by atoms with E-state index in [1.165, 1.54) is 5.56 Å². The van der Waals surface area contributed by atoms with Gasteiger partial charge in [-0.3, -0.25) is 9.69 Å². The van der Waals surface area contributed by atoms with Crippen LogP contribution in [0.5, 0.6) is 0 Å². The van der Waals surface area contributed by atoms with Gasteiger partial charge < -0.3 is 5.32 Å². The average Bonchev–Trinajstić information content (AvgIpc) is 2.92. The zero-order valence-corrected chi connectivity index (χ0v) is 12.3. The number of aromatic amines is 1. The lowest BCUT2D eigenvalue weighted by atomic mass is 10.2. The Morgan fingerprint density at radius 1 is 1.38 bits per heavy atom. The van der Waals surface area contributed by atoms with Crippen molar-refractivity contribution in [2.45, 2.75) is 19.0 Å². The highest BCUT2D eigenvalue weighted by atomic mass is 35.5. The van der Waals surface area contributed by atoms with E-state index in [1.807, 2.05) is 6.07 Å². The smallest absolute Gasteiger partial charge is 0.285 e. The number of aromatic nitrogens is 2. The van der Waals surface area contributed by atoms with E-state index in [4.69, 9.17) is 11.6 Å². The van der Waals surface area contributed by atoms with Crippen LogP contribution in [0.4, 0.5) is 5.69 Å². The van der Waals surface area contributed by atoms with Gasteiger partial charge in [0.05, 0.1) is 11.9 Å². The Morgan fingerprint density at radius 3 is 3.00 bits per heavy atom. The van der Waals surface area contributed by atoms with Crippen molar-refractivity contribution in [2.75, 3.05) is 18.4 Å². The third kappa shape index (κ3) is 3.43. The minimum absolute atomic E-state index is 0.173. The van der Waals surface area contributed by atoms with E-state index in [9.17, 15) is 4.79 Å². The Morgan fingerprint density at radius 2 is 2.19 bits per heavy atom. The van der Waals surface area contributed by atoms with E-state index in [-0.39, 0.29) is 16.6 Å². The van der Waals surface area contributed by atoms with Crippen molar-refractivity contribution < 1.29 is 0 Å². The fraction of sp³-hybridized carbons (Fsp3) is 0.333. The van der Waals surface area contributed by atoms with Crippen LogP contribution in [-0.4, -0.2) is 34.2 Å². The summed E-state index contributed by atoms with van der Waals surface area (Å²) in [4.78, 5) is 13.8. The van der Waals surface area contributed by atoms with Crippen LogP contribution in [0.25, 0.3) is 0 Å². The van der Waals surface area contributed by atoms with Crippen molar-refractivity contribution >= 4 is 17.3 Å². The van der Waals surface area contributed by atoms with Crippen LogP contribution in [-0.2, 0) is 6.54 Å². The third-order valence-corrected chi connectivity index (χ3v) is 4.05. The van der Waals surface area contributed by atoms with Crippen molar-refractivity contribution in [3.05, 3.63) is 57.5 Å². The maximum Gasteiger partial charge on any atom is 0.285 e. The molecule has 110 valence electrons. The zero-order valence-electron chi connectivity index (χ0n) is 11.6. The molecule has 5 nitrogen and oxygen atoms in total. The van der Waals surface area contributed by atoms with Crippen LogP contribution in [0.3, 0.4) is 0 Å². The molecule has 1 saturated heterocycles. The van der Waals surface area contributed by atoms with Gasteiger partial charge in [-0.15, -0.1) is 0 Å². The zero-order chi connectivity index (χ0) is 14.7. The fourth-order valence-electron chi connectivity index (χ4n) is 2.64. The quantitative estimate of drug-likeness (QED) is 0.908. The lowest BCUT2D eigenvalue weighted by Gasteiger charge is -2.17. The molecule has 2 aromatic rings. The van der Waals surface area contributed by atoms with E-state index < -0.39 is 0 Å². The monoisotopic (exact) mass is 304 g/mol. The van der Waals surface area contributed by atoms with Gasteiger partial charge in [-0.1, -0.05) is 41.9 Å². The molecular formula is C15H17ClN4O. The predicted octanol–water partition coefficient (Wildman–Crippen LogP) is 2.11. The molecule has 2 N–H and O–H groups in total. The first-order valence-electron chi connectivity index (χ1n) is 6.98. The summed E-state index contributed by atoms with van der Waals surface area (Å²) in [6.07, 6.45) is 2.58. The van der Waals surface area contributed by atoms with Crippen molar-refractivity contribution in [3.8, 4) is 0 Å². The number of hydrogen-bond acceptors (Lipinski definition) is 4. The molecule has 0 saturated carbocycles. The first kappa shape index (κ1) is 14.1. The summed E-state index contributed by atoms with van der Waals surface area (Å²) in [6, 6.07) is 10.7. The molecule has 1 atom stereocenters. The number of benzene rings is 1. The van der Waals surface area contributed by atoms with E-state index in [2.05, 4.69) is 44.7 Å². The van der Waals surface area contributed by atoms with Crippen molar-refractivity contribution in [1.29, 1.82) is 0 Å². The van der Waals surface area contributed by atoms with Crippen LogP contribution >= 0.6 is 11.6 Å². The number of halogens is 1. The Bertz CT molecular complexity index is 658. The average molecular weight is 305 g/mol. The lowest BCUT2D eigenvalue weighted by molar-refractivity contribution is 0.328. The van der Waals surface area contributed by atoms with Gasteiger partial charge in [-0.25, -0.2) is 5.10 Å². The summed E-state index contributed by atoms with van der Waals surface area (Å²) in [6.45, 7) is 2.90. The molecule has 3 rings (SSSR count). The third-order valence-electron chi connectivity index (χ3n) is 3.68. The number of nitrogens with one attached hydrogen (secondary N) is 2. The van der Waals surface area contributed by atoms with Gasteiger partial charge in [0.2, 0.25) is 0 Å². The maximum atomic E-state index is 11.4. The minimum Gasteiger partial charge on any atom is -0.378 e. The van der Waals surface area contributed by atoms with E-state index in [0.717, 1.165) is 26.1 Å². The summed E-state index contributed by atoms with van der Waals surface area (Å²) in [7, 11) is 0. The first-order valence-corrected chi connectivity index (χ1v) is 7.36. The summed E-state index contributed by atoms with van der Waals surface area (Å²) in [5.74, 6) is 0. The Balaban J connectivity index is 1.60. The van der Waals surface area contributed by atoms with Crippen molar-refractivity contribution in [3.63, 3.8) is 0 Å². The predicted molar refractivity (Wildman–Crippen MR) is 83.6 cm³/mol. The van der Waals surface area contributed by atoms with Gasteiger partial charge in [-0.05, 0) is 12.0 Å². The van der Waals surface area contributed by atoms with Gasteiger partial charge in [0, 0.05) is 25.7 Å². The highest BCUT2D eigenvalue weighted by molar-refractivity contribution is 6.32. The highest BCUT2D eigenvalue weighted by Gasteiger charge is 2.23. The minimum atomic E-state index is -0.360. The topological polar surface area (TPSA) is 61.0 Å². The van der Waals surface area contributed by atoms with Gasteiger partial charge in [-0.2, -0.15) is 5.10 Å². The molecule has 1 unspecified atom stereocenters. The van der Waals surface area contributed by atoms with Crippen molar-refractivity contribution in [1.82, 2.24) is 15.1 Å². The van der Waals surface area contributed by atoms with Crippen molar-refractivity contribution in [2.24, 2.45) is 0 Å². The molecule has 0 radical (unpaired) electrons. The molecule has 0 amide bonds. The number of likely N-dealkylation sites (tertiary alicyclic amines) is 1. The van der Waals surface area contributed by atoms with Crippen LogP contribution in [0.15, 0.2) is 41.3 Å². The summed E-state index contributed by atoms with van der Waals surface area (Å²) < 4.78 is 0. The summed E-state index contributed by atoms with van der Waals surface area (Å²) in [5.41, 5.74) is 1.56. The Hall–Kier alpha value is -1.85. The summed E-state index contributed by atoms with van der Waals surface area (Å²) >= 11 is 5.98. The molecule has 1 aromatic carbocycles. The van der Waals surface area contributed by atoms with E-state index in [0.29, 0.717) is 5.69 Å². The number of rotatable bonds is 4. The Labute approximate surface area is 127 Å². The number of nitrogens with zero attached hydrogens (tertiary/aromatic N) is 2. The number of anilines is 1. The molecule has 1 aliphatic heterocycles. The van der Waals surface area contributed by atoms with Gasteiger partial charge in [0.25, 0.3) is 5.56 Å². The van der Waals surface area contributed by atoms with E-state index in [1.54, 1.807) is 6.20 Å². The molecule has 0 bridgehead atoms. The highest BCUT2D eigenvalue weighted by Crippen LogP contribution is 2.20. The molecule has 1 aliphatic rings. The molecular weight excluding hydrogens is 288 g/mol. The normalized spacial score (nSPS) is 18.8. The molecule has 2 heterocycles. The second-order valence-corrected chi connectivity index (χ2v) is 5.66. The molecule has 0 spiro atoms. The van der Waals surface area contributed by atoms with Crippen LogP contribution < -0.4 is 10.9 Å².